The molecule has 34 heavy (non-hydrogen) atoms. The number of nitrogens with zero attached hydrogens (tertiary/aromatic N) is 5. The number of methoxy groups -OCH3 is 2. The second-order valence-electron chi connectivity index (χ2n) is 8.57. The fraction of sp³-hybridized carbons (Fsp3) is 0.417. The van der Waals surface area contributed by atoms with Gasteiger partial charge in [0, 0.05) is 42.2 Å². The molecule has 2 unspecified atom stereocenters. The van der Waals surface area contributed by atoms with Crippen LogP contribution in [0.5, 0.6) is 11.5 Å². The number of ether oxygens (including phenoxy) is 2. The van der Waals surface area contributed by atoms with E-state index in [4.69, 9.17) is 29.0 Å². The van der Waals surface area contributed by atoms with Gasteiger partial charge < -0.3 is 24.5 Å². The molecule has 2 N–H and O–H groups in total. The van der Waals surface area contributed by atoms with Crippen LogP contribution in [0.15, 0.2) is 35.1 Å². The summed E-state index contributed by atoms with van der Waals surface area (Å²) in [5, 5.41) is 11.8. The van der Waals surface area contributed by atoms with Gasteiger partial charge in [-0.1, -0.05) is 0 Å². The van der Waals surface area contributed by atoms with E-state index < -0.39 is 0 Å². The molecule has 0 radical (unpaired) electrons. The fourth-order valence-corrected chi connectivity index (χ4v) is 4.29. The zero-order valence-electron chi connectivity index (χ0n) is 19.8. The van der Waals surface area contributed by atoms with E-state index in [0.717, 1.165) is 53.5 Å². The summed E-state index contributed by atoms with van der Waals surface area (Å²) in [6, 6.07) is 6.25. The first-order valence-electron chi connectivity index (χ1n) is 11.4. The van der Waals surface area contributed by atoms with Gasteiger partial charge in [0.25, 0.3) is 0 Å². The predicted octanol–water partition coefficient (Wildman–Crippen LogP) is 3.57. The molecular weight excluding hydrogens is 434 g/mol. The van der Waals surface area contributed by atoms with Crippen LogP contribution >= 0.6 is 0 Å². The number of oxazole rings is 1. The molecule has 1 fully saturated rings. The maximum absolute atomic E-state index is 5.56. The number of hydrogen-bond acceptors (Lipinski definition) is 9. The second-order valence-corrected chi connectivity index (χ2v) is 8.57. The van der Waals surface area contributed by atoms with Gasteiger partial charge in [-0.15, -0.1) is 5.10 Å². The molecule has 10 nitrogen and oxygen atoms in total. The minimum atomic E-state index is 0.259. The highest BCUT2D eigenvalue weighted by atomic mass is 16.5. The van der Waals surface area contributed by atoms with E-state index in [1.807, 2.05) is 25.1 Å². The summed E-state index contributed by atoms with van der Waals surface area (Å²) in [5.74, 6) is 3.54. The number of aryl methyl sites for hydroxylation is 1. The van der Waals surface area contributed by atoms with Crippen molar-refractivity contribution in [2.75, 3.05) is 26.1 Å². The van der Waals surface area contributed by atoms with Crippen LogP contribution in [-0.4, -0.2) is 51.4 Å². The Morgan fingerprint density at radius 2 is 2.09 bits per heavy atom. The van der Waals surface area contributed by atoms with Crippen LogP contribution in [0, 0.1) is 6.92 Å². The summed E-state index contributed by atoms with van der Waals surface area (Å²) >= 11 is 0. The third-order valence-corrected chi connectivity index (χ3v) is 6.32. The lowest BCUT2D eigenvalue weighted by Gasteiger charge is -2.25. The van der Waals surface area contributed by atoms with Gasteiger partial charge in [0.2, 0.25) is 11.8 Å². The SMILES string of the molecule is COc1ccc(CNc2nc(-c3ncco3)c(C)c3nc(C4CCC(C)NC4)nn23)c(OC)c1. The monoisotopic (exact) mass is 463 g/mol. The van der Waals surface area contributed by atoms with Crippen molar-refractivity contribution in [3.8, 4) is 23.1 Å². The molecule has 0 saturated carbocycles. The molecule has 178 valence electrons. The molecule has 0 amide bonds. The Morgan fingerprint density at radius 1 is 1.21 bits per heavy atom. The molecule has 0 aliphatic carbocycles. The summed E-state index contributed by atoms with van der Waals surface area (Å²) in [5.41, 5.74) is 3.20. The molecule has 1 aromatic carbocycles. The van der Waals surface area contributed by atoms with Gasteiger partial charge in [-0.05, 0) is 38.8 Å². The highest BCUT2D eigenvalue weighted by molar-refractivity contribution is 5.66. The number of anilines is 1. The van der Waals surface area contributed by atoms with Crippen molar-refractivity contribution in [2.45, 2.75) is 45.2 Å². The van der Waals surface area contributed by atoms with Crippen molar-refractivity contribution in [1.29, 1.82) is 0 Å². The molecule has 2 atom stereocenters. The van der Waals surface area contributed by atoms with Gasteiger partial charge in [0.05, 0.1) is 20.4 Å². The third-order valence-electron chi connectivity index (χ3n) is 6.32. The first-order chi connectivity index (χ1) is 16.6. The number of piperidine rings is 1. The van der Waals surface area contributed by atoms with Crippen LogP contribution in [0.25, 0.3) is 17.2 Å². The molecule has 1 aliphatic rings. The molecule has 3 aromatic heterocycles. The highest BCUT2D eigenvalue weighted by Crippen LogP contribution is 2.30. The number of rotatable bonds is 7. The molecule has 1 aliphatic heterocycles. The van der Waals surface area contributed by atoms with E-state index in [1.54, 1.807) is 31.2 Å². The minimum absolute atomic E-state index is 0.259. The van der Waals surface area contributed by atoms with Gasteiger partial charge in [-0.25, -0.2) is 15.0 Å². The first kappa shape index (κ1) is 22.1. The van der Waals surface area contributed by atoms with Gasteiger partial charge in [-0.3, -0.25) is 0 Å². The Labute approximate surface area is 197 Å². The van der Waals surface area contributed by atoms with Crippen molar-refractivity contribution < 1.29 is 13.9 Å². The van der Waals surface area contributed by atoms with Crippen molar-refractivity contribution in [2.24, 2.45) is 0 Å². The van der Waals surface area contributed by atoms with Crippen molar-refractivity contribution in [3.05, 3.63) is 47.6 Å². The molecule has 0 spiro atoms. The molecule has 10 heteroatoms. The van der Waals surface area contributed by atoms with Gasteiger partial charge >= 0.3 is 0 Å². The largest absolute Gasteiger partial charge is 0.497 e. The normalized spacial score (nSPS) is 18.2. The zero-order valence-corrected chi connectivity index (χ0v) is 19.8. The Kier molecular flexibility index (Phi) is 6.06. The van der Waals surface area contributed by atoms with Gasteiger partial charge in [0.1, 0.15) is 23.5 Å². The summed E-state index contributed by atoms with van der Waals surface area (Å²) < 4.78 is 18.2. The number of benzene rings is 1. The topological polar surface area (TPSA) is 112 Å². The highest BCUT2D eigenvalue weighted by Gasteiger charge is 2.25. The summed E-state index contributed by atoms with van der Waals surface area (Å²) in [4.78, 5) is 14.1. The van der Waals surface area contributed by atoms with Crippen LogP contribution < -0.4 is 20.1 Å². The standard InChI is InChI=1S/C24H29N7O3/c1-14-5-6-17(13-26-14)21-29-22-15(2)20(23-25-9-10-34-23)28-24(31(22)30-21)27-12-16-7-8-18(32-3)11-19(16)33-4/h7-11,14,17,26H,5-6,12-13H2,1-4H3,(H,27,28). The average Bonchev–Trinajstić information content (AvgIpc) is 3.55. The van der Waals surface area contributed by atoms with Crippen LogP contribution in [0.1, 0.15) is 42.6 Å². The van der Waals surface area contributed by atoms with E-state index in [2.05, 4.69) is 22.5 Å². The lowest BCUT2D eigenvalue weighted by atomic mass is 9.95. The predicted molar refractivity (Wildman–Crippen MR) is 127 cm³/mol. The Bertz CT molecular complexity index is 1280. The van der Waals surface area contributed by atoms with Crippen LogP contribution in [0.3, 0.4) is 0 Å². The molecule has 4 heterocycles. The third kappa shape index (κ3) is 4.16. The molecular formula is C24H29N7O3. The van der Waals surface area contributed by atoms with Crippen LogP contribution in [-0.2, 0) is 6.54 Å². The minimum Gasteiger partial charge on any atom is -0.497 e. The smallest absolute Gasteiger partial charge is 0.245 e. The molecule has 4 aromatic rings. The summed E-state index contributed by atoms with van der Waals surface area (Å²) in [6.07, 6.45) is 5.30. The molecule has 1 saturated heterocycles. The molecule has 0 bridgehead atoms. The Morgan fingerprint density at radius 3 is 2.79 bits per heavy atom. The Balaban J connectivity index is 1.53. The first-order valence-corrected chi connectivity index (χ1v) is 11.4. The lowest BCUT2D eigenvalue weighted by molar-refractivity contribution is 0.376. The number of hydrogen-bond donors (Lipinski definition) is 2. The lowest BCUT2D eigenvalue weighted by Crippen LogP contribution is -2.36. The number of fused-ring (bicyclic) bond motifs is 1. The quantitative estimate of drug-likeness (QED) is 0.425. The fourth-order valence-electron chi connectivity index (χ4n) is 4.29. The number of aromatic nitrogens is 5. The zero-order chi connectivity index (χ0) is 23.7. The number of nitrogens with one attached hydrogen (secondary N) is 2. The van der Waals surface area contributed by atoms with E-state index in [9.17, 15) is 0 Å². The maximum atomic E-state index is 5.56. The summed E-state index contributed by atoms with van der Waals surface area (Å²) in [7, 11) is 3.28. The van der Waals surface area contributed by atoms with E-state index >= 15 is 0 Å². The second kappa shape index (κ2) is 9.30. The van der Waals surface area contributed by atoms with Crippen molar-refractivity contribution >= 4 is 11.6 Å². The maximum Gasteiger partial charge on any atom is 0.245 e. The summed E-state index contributed by atoms with van der Waals surface area (Å²) in [6.45, 7) is 5.52. The van der Waals surface area contributed by atoms with E-state index in [1.165, 1.54) is 0 Å². The van der Waals surface area contributed by atoms with Gasteiger partial charge in [-0.2, -0.15) is 4.52 Å². The van der Waals surface area contributed by atoms with Crippen molar-refractivity contribution in [1.82, 2.24) is 29.9 Å². The van der Waals surface area contributed by atoms with Crippen molar-refractivity contribution in [3.63, 3.8) is 0 Å². The average molecular weight is 464 g/mol. The van der Waals surface area contributed by atoms with E-state index in [0.29, 0.717) is 30.1 Å². The van der Waals surface area contributed by atoms with Gasteiger partial charge in [0.15, 0.2) is 11.5 Å². The van der Waals surface area contributed by atoms with Crippen LogP contribution in [0.4, 0.5) is 5.95 Å². The van der Waals surface area contributed by atoms with E-state index in [-0.39, 0.29) is 5.92 Å². The van der Waals surface area contributed by atoms with Crippen LogP contribution in [0.2, 0.25) is 0 Å². The Hall–Kier alpha value is -3.66. The molecule has 5 rings (SSSR count).